The number of benzene rings is 3. The van der Waals surface area contributed by atoms with Crippen molar-refractivity contribution in [3.8, 4) is 21.6 Å². The molecule has 1 atom stereocenters. The van der Waals surface area contributed by atoms with Crippen LogP contribution in [0.15, 0.2) is 84.2 Å². The molecule has 1 N–H and O–H groups in total. The van der Waals surface area contributed by atoms with Crippen molar-refractivity contribution < 1.29 is 4.79 Å². The first kappa shape index (κ1) is 22.4. The lowest BCUT2D eigenvalue weighted by atomic mass is 9.97. The van der Waals surface area contributed by atoms with E-state index in [-0.39, 0.29) is 11.9 Å². The number of nitrogens with zero attached hydrogens (tertiary/aromatic N) is 1. The Kier molecular flexibility index (Phi) is 6.25. The monoisotopic (exact) mass is 466 g/mol. The van der Waals surface area contributed by atoms with Crippen LogP contribution in [-0.2, 0) is 17.8 Å². The molecule has 1 aliphatic heterocycles. The Labute approximate surface area is 206 Å². The molecule has 172 valence electrons. The third-order valence-corrected chi connectivity index (χ3v) is 7.70. The lowest BCUT2D eigenvalue weighted by Crippen LogP contribution is -2.43. The number of fused-ring (bicyclic) bond motifs is 1. The van der Waals surface area contributed by atoms with Crippen LogP contribution in [0, 0.1) is 0 Å². The molecule has 0 saturated heterocycles. The summed E-state index contributed by atoms with van der Waals surface area (Å²) in [6, 6.07) is 28.0. The Hall–Kier alpha value is -3.37. The van der Waals surface area contributed by atoms with Gasteiger partial charge in [-0.25, -0.2) is 0 Å². The van der Waals surface area contributed by atoms with Gasteiger partial charge in [0.2, 0.25) is 5.91 Å². The van der Waals surface area contributed by atoms with Crippen LogP contribution in [-0.4, -0.2) is 19.0 Å². The maximum atomic E-state index is 12.6. The van der Waals surface area contributed by atoms with Gasteiger partial charge in [-0.15, -0.1) is 11.3 Å². The van der Waals surface area contributed by atoms with E-state index in [0.717, 1.165) is 12.1 Å². The fraction of sp³-hybridized carbons (Fsp3) is 0.233. The predicted octanol–water partition coefficient (Wildman–Crippen LogP) is 6.88. The van der Waals surface area contributed by atoms with Crippen LogP contribution in [0.2, 0.25) is 0 Å². The molecular formula is C30H30N2OS. The second kappa shape index (κ2) is 9.47. The quantitative estimate of drug-likeness (QED) is 0.336. The van der Waals surface area contributed by atoms with Gasteiger partial charge in [0.1, 0.15) is 6.04 Å². The number of likely N-dealkylation sites (N-methyl/N-ethyl adjacent to an activating group) is 1. The molecule has 1 aromatic heterocycles. The Balaban J connectivity index is 1.39. The first-order valence-electron chi connectivity index (χ1n) is 11.9. The van der Waals surface area contributed by atoms with Crippen molar-refractivity contribution in [2.75, 3.05) is 11.9 Å². The van der Waals surface area contributed by atoms with E-state index < -0.39 is 0 Å². The summed E-state index contributed by atoms with van der Waals surface area (Å²) in [7, 11) is 1.72. The van der Waals surface area contributed by atoms with Gasteiger partial charge in [0.15, 0.2) is 0 Å². The van der Waals surface area contributed by atoms with E-state index in [1.807, 2.05) is 23.5 Å². The zero-order chi connectivity index (χ0) is 23.7. The smallest absolute Gasteiger partial charge is 0.242 e. The van der Waals surface area contributed by atoms with Crippen molar-refractivity contribution in [1.82, 2.24) is 5.32 Å². The van der Waals surface area contributed by atoms with Crippen LogP contribution in [0.1, 0.15) is 36.5 Å². The van der Waals surface area contributed by atoms with Crippen LogP contribution in [0.25, 0.3) is 21.6 Å². The Bertz CT molecular complexity index is 1310. The minimum absolute atomic E-state index is 0.0685. The Morgan fingerprint density at radius 3 is 2.50 bits per heavy atom. The van der Waals surface area contributed by atoms with Crippen molar-refractivity contribution in [1.29, 1.82) is 0 Å². The molecule has 1 aliphatic rings. The highest BCUT2D eigenvalue weighted by Gasteiger charge is 2.33. The summed E-state index contributed by atoms with van der Waals surface area (Å²) in [5, 5.41) is 5.03. The summed E-state index contributed by atoms with van der Waals surface area (Å²) in [5.74, 6) is 0.581. The fourth-order valence-corrected chi connectivity index (χ4v) is 5.95. The topological polar surface area (TPSA) is 32.3 Å². The number of carbonyl (C=O) groups is 1. The highest BCUT2D eigenvalue weighted by molar-refractivity contribution is 7.13. The third kappa shape index (κ3) is 4.26. The van der Waals surface area contributed by atoms with Crippen LogP contribution < -0.4 is 10.2 Å². The molecule has 5 rings (SSSR count). The number of para-hydroxylation sites is 1. The molecule has 1 unspecified atom stereocenters. The Morgan fingerprint density at radius 1 is 0.971 bits per heavy atom. The summed E-state index contributed by atoms with van der Waals surface area (Å²) in [6.45, 7) is 5.21. The van der Waals surface area contributed by atoms with Crippen LogP contribution >= 0.6 is 11.3 Å². The molecule has 3 nitrogen and oxygen atoms in total. The van der Waals surface area contributed by atoms with Crippen LogP contribution in [0.3, 0.4) is 0 Å². The van der Waals surface area contributed by atoms with Gasteiger partial charge < -0.3 is 10.2 Å². The van der Waals surface area contributed by atoms with E-state index in [1.54, 1.807) is 7.05 Å². The number of amides is 1. The molecule has 34 heavy (non-hydrogen) atoms. The van der Waals surface area contributed by atoms with Gasteiger partial charge in [0.05, 0.1) is 0 Å². The fourth-order valence-electron chi connectivity index (χ4n) is 4.89. The SMILES string of the molecule is CNC(=O)C1Cc2ccccc2N1Cc1ccc(-c2cccc(-c3sccc3C(C)C)c2)cc1. The predicted molar refractivity (Wildman–Crippen MR) is 143 cm³/mol. The normalized spacial score (nSPS) is 14.9. The minimum Gasteiger partial charge on any atom is -0.357 e. The van der Waals surface area contributed by atoms with E-state index in [4.69, 9.17) is 0 Å². The minimum atomic E-state index is -0.167. The molecule has 4 heteroatoms. The van der Waals surface area contributed by atoms with Crippen LogP contribution in [0.4, 0.5) is 5.69 Å². The summed E-state index contributed by atoms with van der Waals surface area (Å²) < 4.78 is 0. The summed E-state index contributed by atoms with van der Waals surface area (Å²) in [4.78, 5) is 16.2. The summed E-state index contributed by atoms with van der Waals surface area (Å²) >= 11 is 1.82. The van der Waals surface area contributed by atoms with Crippen LogP contribution in [0.5, 0.6) is 0 Å². The van der Waals surface area contributed by atoms with Gasteiger partial charge in [0.25, 0.3) is 0 Å². The van der Waals surface area contributed by atoms with E-state index in [9.17, 15) is 4.79 Å². The first-order valence-corrected chi connectivity index (χ1v) is 12.8. The molecule has 3 aromatic carbocycles. The second-order valence-electron chi connectivity index (χ2n) is 9.23. The zero-order valence-corrected chi connectivity index (χ0v) is 20.7. The van der Waals surface area contributed by atoms with Crippen molar-refractivity contribution in [3.05, 3.63) is 101 Å². The molecule has 4 aromatic rings. The third-order valence-electron chi connectivity index (χ3n) is 6.72. The van der Waals surface area contributed by atoms with Gasteiger partial charge in [-0.2, -0.15) is 0 Å². The molecule has 1 amide bonds. The molecule has 0 radical (unpaired) electrons. The molecule has 0 fully saturated rings. The van der Waals surface area contributed by atoms with Gasteiger partial charge in [-0.3, -0.25) is 4.79 Å². The number of carbonyl (C=O) groups excluding carboxylic acids is 1. The lowest BCUT2D eigenvalue weighted by Gasteiger charge is -2.26. The zero-order valence-electron chi connectivity index (χ0n) is 19.9. The number of thiophene rings is 1. The van der Waals surface area contributed by atoms with Gasteiger partial charge in [0, 0.05) is 30.6 Å². The number of nitrogens with one attached hydrogen (secondary N) is 1. The average Bonchev–Trinajstić information content (AvgIpc) is 3.50. The molecule has 0 bridgehead atoms. The van der Waals surface area contributed by atoms with Gasteiger partial charge in [-0.1, -0.05) is 74.5 Å². The second-order valence-corrected chi connectivity index (χ2v) is 10.1. The maximum absolute atomic E-state index is 12.6. The highest BCUT2D eigenvalue weighted by atomic mass is 32.1. The molecule has 0 saturated carbocycles. The highest BCUT2D eigenvalue weighted by Crippen LogP contribution is 2.37. The number of hydrogen-bond acceptors (Lipinski definition) is 3. The number of anilines is 1. The molecule has 0 aliphatic carbocycles. The average molecular weight is 467 g/mol. The first-order chi connectivity index (χ1) is 16.5. The number of rotatable bonds is 6. The van der Waals surface area contributed by atoms with E-state index in [2.05, 4.69) is 96.2 Å². The van der Waals surface area contributed by atoms with Gasteiger partial charge >= 0.3 is 0 Å². The van der Waals surface area contributed by atoms with Crippen molar-refractivity contribution in [2.45, 2.75) is 38.8 Å². The molecule has 2 heterocycles. The van der Waals surface area contributed by atoms with Crippen molar-refractivity contribution in [2.24, 2.45) is 0 Å². The Morgan fingerprint density at radius 2 is 1.74 bits per heavy atom. The van der Waals surface area contributed by atoms with Gasteiger partial charge in [-0.05, 0) is 62.9 Å². The summed E-state index contributed by atoms with van der Waals surface area (Å²) in [5.41, 5.74) is 8.71. The van der Waals surface area contributed by atoms with Crippen molar-refractivity contribution >= 4 is 22.9 Å². The maximum Gasteiger partial charge on any atom is 0.242 e. The standard InChI is InChI=1S/C30H30N2OS/c1-20(2)26-15-16-34-29(26)25-9-6-8-23(17-25)22-13-11-21(12-14-22)19-32-27-10-5-4-7-24(27)18-28(32)30(33)31-3/h4-17,20,28H,18-19H2,1-3H3,(H,31,33). The summed E-state index contributed by atoms with van der Waals surface area (Å²) in [6.07, 6.45) is 0.752. The van der Waals surface area contributed by atoms with E-state index >= 15 is 0 Å². The lowest BCUT2D eigenvalue weighted by molar-refractivity contribution is -0.121. The number of hydrogen-bond donors (Lipinski definition) is 1. The van der Waals surface area contributed by atoms with E-state index in [0.29, 0.717) is 12.5 Å². The molecular weight excluding hydrogens is 436 g/mol. The van der Waals surface area contributed by atoms with Crippen molar-refractivity contribution in [3.63, 3.8) is 0 Å². The largest absolute Gasteiger partial charge is 0.357 e. The van der Waals surface area contributed by atoms with E-state index in [1.165, 1.54) is 38.3 Å². The molecule has 0 spiro atoms.